The predicted octanol–water partition coefficient (Wildman–Crippen LogP) is 3.19. The van der Waals surface area contributed by atoms with E-state index in [4.69, 9.17) is 11.6 Å². The first kappa shape index (κ1) is 11.5. The van der Waals surface area contributed by atoms with Crippen LogP contribution in [-0.4, -0.2) is 9.91 Å². The highest BCUT2D eigenvalue weighted by atomic mass is 127. The maximum atomic E-state index is 12.4. The van der Waals surface area contributed by atoms with Crippen LogP contribution in [0, 0.1) is 13.8 Å². The Labute approximate surface area is 95.6 Å². The van der Waals surface area contributed by atoms with E-state index in [0.29, 0.717) is 0 Å². The molecule has 8 heteroatoms. The lowest BCUT2D eigenvalue weighted by atomic mass is 10.2. The Hall–Kier alpha value is -0.570. The maximum Gasteiger partial charge on any atom is 0.315 e. The van der Waals surface area contributed by atoms with Crippen molar-refractivity contribution in [2.45, 2.75) is 6.43 Å². The number of alkyl halides is 2. The molecule has 4 nitrogen and oxygen atoms in total. The number of halogens is 4. The molecule has 0 atom stereocenters. The van der Waals surface area contributed by atoms with E-state index in [2.05, 4.69) is 4.98 Å². The molecule has 0 saturated carbocycles. The highest BCUT2D eigenvalue weighted by Gasteiger charge is 2.26. The fourth-order valence-corrected chi connectivity index (χ4v) is 1.83. The van der Waals surface area contributed by atoms with Crippen LogP contribution in [0.25, 0.3) is 0 Å². The zero-order chi connectivity index (χ0) is 10.9. The molecule has 0 aliphatic rings. The number of pyridine rings is 1. The number of nitro groups is 1. The van der Waals surface area contributed by atoms with Crippen LogP contribution in [0.2, 0.25) is 5.15 Å². The summed E-state index contributed by atoms with van der Waals surface area (Å²) in [6.45, 7) is 0. The minimum atomic E-state index is -2.94. The molecule has 1 rings (SSSR count). The van der Waals surface area contributed by atoms with Crippen LogP contribution < -0.4 is 0 Å². The summed E-state index contributed by atoms with van der Waals surface area (Å²) in [5.41, 5.74) is -1.54. The largest absolute Gasteiger partial charge is 0.315 e. The molecule has 0 radical (unpaired) electrons. The molecular formula is C6H2ClF2IN2O2. The van der Waals surface area contributed by atoms with E-state index in [9.17, 15) is 18.9 Å². The van der Waals surface area contributed by atoms with Gasteiger partial charge < -0.3 is 0 Å². The molecule has 0 spiro atoms. The van der Waals surface area contributed by atoms with Crippen LogP contribution in [0.5, 0.6) is 0 Å². The van der Waals surface area contributed by atoms with Crippen LogP contribution in [-0.2, 0) is 0 Å². The molecule has 1 aromatic rings. The number of rotatable bonds is 2. The minimum absolute atomic E-state index is 0.188. The van der Waals surface area contributed by atoms with Gasteiger partial charge in [0, 0.05) is 0 Å². The lowest BCUT2D eigenvalue weighted by molar-refractivity contribution is -0.386. The van der Waals surface area contributed by atoms with Gasteiger partial charge in [-0.25, -0.2) is 13.8 Å². The molecule has 1 heterocycles. The fraction of sp³-hybridized carbons (Fsp3) is 0.167. The first-order valence-corrected chi connectivity index (χ1v) is 4.67. The van der Waals surface area contributed by atoms with Gasteiger partial charge in [0.25, 0.3) is 6.43 Å². The molecule has 0 bridgehead atoms. The third kappa shape index (κ3) is 2.27. The van der Waals surface area contributed by atoms with Gasteiger partial charge in [-0.05, 0) is 28.7 Å². The van der Waals surface area contributed by atoms with Crippen molar-refractivity contribution in [2.24, 2.45) is 0 Å². The first-order valence-electron chi connectivity index (χ1n) is 3.22. The third-order valence-electron chi connectivity index (χ3n) is 1.37. The molecule has 0 N–H and O–H groups in total. The van der Waals surface area contributed by atoms with Gasteiger partial charge in [-0.2, -0.15) is 0 Å². The van der Waals surface area contributed by atoms with Gasteiger partial charge in [0.1, 0.15) is 9.26 Å². The van der Waals surface area contributed by atoms with Gasteiger partial charge >= 0.3 is 5.69 Å². The maximum absolute atomic E-state index is 12.4. The van der Waals surface area contributed by atoms with Crippen molar-refractivity contribution in [3.05, 3.63) is 30.6 Å². The van der Waals surface area contributed by atoms with E-state index in [1.807, 2.05) is 0 Å². The second-order valence-electron chi connectivity index (χ2n) is 2.23. The normalized spacial score (nSPS) is 10.6. The molecule has 76 valence electrons. The van der Waals surface area contributed by atoms with Gasteiger partial charge in [-0.1, -0.05) is 11.6 Å². The van der Waals surface area contributed by atoms with Gasteiger partial charge in [0.05, 0.1) is 4.92 Å². The van der Waals surface area contributed by atoms with Crippen molar-refractivity contribution in [3.8, 4) is 0 Å². The summed E-state index contributed by atoms with van der Waals surface area (Å²) in [5.74, 6) is 0. The van der Waals surface area contributed by atoms with E-state index in [1.165, 1.54) is 0 Å². The van der Waals surface area contributed by atoms with Crippen molar-refractivity contribution in [1.82, 2.24) is 4.98 Å². The molecular weight excluding hydrogens is 332 g/mol. The monoisotopic (exact) mass is 334 g/mol. The van der Waals surface area contributed by atoms with E-state index >= 15 is 0 Å². The Morgan fingerprint density at radius 2 is 2.21 bits per heavy atom. The summed E-state index contributed by atoms with van der Waals surface area (Å²) in [6, 6.07) is 0.940. The van der Waals surface area contributed by atoms with Crippen LogP contribution in [0.3, 0.4) is 0 Å². The molecule has 14 heavy (non-hydrogen) atoms. The van der Waals surface area contributed by atoms with Crippen molar-refractivity contribution in [2.75, 3.05) is 0 Å². The summed E-state index contributed by atoms with van der Waals surface area (Å²) in [4.78, 5) is 13.0. The van der Waals surface area contributed by atoms with E-state index in [-0.39, 0.29) is 3.70 Å². The predicted molar refractivity (Wildman–Crippen MR) is 53.6 cm³/mol. The lowest BCUT2D eigenvalue weighted by Gasteiger charge is -2.03. The van der Waals surface area contributed by atoms with Crippen molar-refractivity contribution in [3.63, 3.8) is 0 Å². The first-order chi connectivity index (χ1) is 6.43. The van der Waals surface area contributed by atoms with Gasteiger partial charge in [-0.3, -0.25) is 10.1 Å². The number of aromatic nitrogens is 1. The Bertz CT molecular complexity index is 388. The second-order valence-corrected chi connectivity index (χ2v) is 3.69. The quantitative estimate of drug-likeness (QED) is 0.361. The SMILES string of the molecule is O=[N+]([O-])c1c(C(F)F)cc(I)nc1Cl. The smallest absolute Gasteiger partial charge is 0.258 e. The second kappa shape index (κ2) is 4.30. The molecule has 0 aromatic carbocycles. The van der Waals surface area contributed by atoms with E-state index < -0.39 is 27.8 Å². The van der Waals surface area contributed by atoms with Crippen molar-refractivity contribution in [1.29, 1.82) is 0 Å². The Kier molecular flexibility index (Phi) is 3.53. The molecule has 0 amide bonds. The van der Waals surface area contributed by atoms with Crippen LogP contribution >= 0.6 is 34.2 Å². The van der Waals surface area contributed by atoms with Gasteiger partial charge in [0.2, 0.25) is 5.15 Å². The summed E-state index contributed by atoms with van der Waals surface area (Å²) in [7, 11) is 0. The fourth-order valence-electron chi connectivity index (χ4n) is 0.842. The number of hydrogen-bond donors (Lipinski definition) is 0. The molecule has 0 unspecified atom stereocenters. The zero-order valence-electron chi connectivity index (χ0n) is 6.38. The molecule has 0 fully saturated rings. The molecule has 0 saturated heterocycles. The molecule has 1 aromatic heterocycles. The molecule has 0 aliphatic heterocycles. The summed E-state index contributed by atoms with van der Waals surface area (Å²) < 4.78 is 24.9. The average molecular weight is 334 g/mol. The van der Waals surface area contributed by atoms with Crippen LogP contribution in [0.1, 0.15) is 12.0 Å². The Morgan fingerprint density at radius 1 is 1.64 bits per heavy atom. The van der Waals surface area contributed by atoms with Crippen LogP contribution in [0.15, 0.2) is 6.07 Å². The Morgan fingerprint density at radius 3 is 2.64 bits per heavy atom. The van der Waals surface area contributed by atoms with Gasteiger partial charge in [-0.15, -0.1) is 0 Å². The van der Waals surface area contributed by atoms with E-state index in [1.54, 1.807) is 22.6 Å². The van der Waals surface area contributed by atoms with Gasteiger partial charge in [0.15, 0.2) is 0 Å². The topological polar surface area (TPSA) is 56.0 Å². The number of nitrogens with zero attached hydrogens (tertiary/aromatic N) is 2. The standard InChI is InChI=1S/C6H2ClF2IN2O2/c7-5-4(12(13)14)2(6(8)9)1-3(10)11-5/h1,6H. The molecule has 0 aliphatic carbocycles. The zero-order valence-corrected chi connectivity index (χ0v) is 9.29. The lowest BCUT2D eigenvalue weighted by Crippen LogP contribution is -2.00. The summed E-state index contributed by atoms with van der Waals surface area (Å²) >= 11 is 7.04. The highest BCUT2D eigenvalue weighted by molar-refractivity contribution is 14.1. The van der Waals surface area contributed by atoms with Crippen molar-refractivity contribution >= 4 is 39.9 Å². The Balaban J connectivity index is 3.44. The van der Waals surface area contributed by atoms with E-state index in [0.717, 1.165) is 6.07 Å². The van der Waals surface area contributed by atoms with Crippen molar-refractivity contribution < 1.29 is 13.7 Å². The summed E-state index contributed by atoms with van der Waals surface area (Å²) in [5, 5.41) is 9.89. The summed E-state index contributed by atoms with van der Waals surface area (Å²) in [6.07, 6.45) is -2.94. The average Bonchev–Trinajstić information content (AvgIpc) is 2.01. The third-order valence-corrected chi connectivity index (χ3v) is 2.18. The highest BCUT2D eigenvalue weighted by Crippen LogP contribution is 2.34. The van der Waals surface area contributed by atoms with Crippen LogP contribution in [0.4, 0.5) is 14.5 Å². The number of hydrogen-bond acceptors (Lipinski definition) is 3. The minimum Gasteiger partial charge on any atom is -0.258 e.